The maximum atomic E-state index is 12.2. The average molecular weight is 281 g/mol. The van der Waals surface area contributed by atoms with Crippen LogP contribution in [-0.4, -0.2) is 46.2 Å². The molecule has 1 unspecified atom stereocenters. The Balaban J connectivity index is 2.05. The predicted octanol–water partition coefficient (Wildman–Crippen LogP) is 1.44. The quantitative estimate of drug-likeness (QED) is 0.822. The zero-order valence-electron chi connectivity index (χ0n) is 10.3. The molecule has 102 valence electrons. The Hall–Kier alpha value is -1.66. The minimum atomic E-state index is -1.01. The van der Waals surface area contributed by atoms with E-state index in [2.05, 4.69) is 0 Å². The van der Waals surface area contributed by atoms with Crippen LogP contribution in [0, 0.1) is 0 Å². The first-order chi connectivity index (χ1) is 9.06. The highest BCUT2D eigenvalue weighted by molar-refractivity contribution is 7.14. The number of aliphatic hydroxyl groups excluding tert-OH is 1. The van der Waals surface area contributed by atoms with Crippen molar-refractivity contribution in [3.63, 3.8) is 0 Å². The Morgan fingerprint density at radius 2 is 2.21 bits per heavy atom. The number of thiophene rings is 1. The first kappa shape index (κ1) is 13.8. The Bertz CT molecular complexity index is 508. The Morgan fingerprint density at radius 1 is 1.42 bits per heavy atom. The van der Waals surface area contributed by atoms with Crippen LogP contribution in [0.1, 0.15) is 27.4 Å². The molecule has 0 bridgehead atoms. The van der Waals surface area contributed by atoms with Gasteiger partial charge < -0.3 is 15.1 Å². The van der Waals surface area contributed by atoms with Crippen LogP contribution in [0.2, 0.25) is 0 Å². The van der Waals surface area contributed by atoms with Crippen LogP contribution < -0.4 is 0 Å². The molecule has 1 amide bonds. The number of hydrogen-bond acceptors (Lipinski definition) is 4. The van der Waals surface area contributed by atoms with Crippen LogP contribution in [0.15, 0.2) is 18.2 Å². The van der Waals surface area contributed by atoms with Gasteiger partial charge in [-0.1, -0.05) is 0 Å². The van der Waals surface area contributed by atoms with Crippen molar-refractivity contribution in [3.8, 4) is 0 Å². The number of aliphatic carboxylic acids is 1. The number of nitrogens with zero attached hydrogens (tertiary/aromatic N) is 1. The van der Waals surface area contributed by atoms with E-state index in [1.54, 1.807) is 17.0 Å². The second-order valence-electron chi connectivity index (χ2n) is 4.42. The molecule has 5 nitrogen and oxygen atoms in total. The van der Waals surface area contributed by atoms with Crippen molar-refractivity contribution in [2.75, 3.05) is 13.1 Å². The molecular weight excluding hydrogens is 266 g/mol. The molecule has 6 heteroatoms. The summed E-state index contributed by atoms with van der Waals surface area (Å²) in [6.07, 6.45) is 3.62. The monoisotopic (exact) mass is 281 g/mol. The summed E-state index contributed by atoms with van der Waals surface area (Å²) in [5.74, 6) is -1.11. The molecule has 0 spiro atoms. The van der Waals surface area contributed by atoms with Crippen molar-refractivity contribution in [2.45, 2.75) is 18.9 Å². The van der Waals surface area contributed by atoms with E-state index in [1.807, 2.05) is 0 Å². The number of carbonyl (C=O) groups excluding carboxylic acids is 1. The molecule has 19 heavy (non-hydrogen) atoms. The van der Waals surface area contributed by atoms with Gasteiger partial charge in [0.15, 0.2) is 0 Å². The molecule has 0 aliphatic carbocycles. The average Bonchev–Trinajstić information content (AvgIpc) is 2.84. The predicted molar refractivity (Wildman–Crippen MR) is 72.1 cm³/mol. The second-order valence-corrected chi connectivity index (χ2v) is 5.54. The second kappa shape index (κ2) is 5.99. The highest BCUT2D eigenvalue weighted by Crippen LogP contribution is 2.21. The maximum Gasteiger partial charge on any atom is 0.328 e. The summed E-state index contributed by atoms with van der Waals surface area (Å²) >= 11 is 1.25. The van der Waals surface area contributed by atoms with Gasteiger partial charge in [0, 0.05) is 24.0 Å². The summed E-state index contributed by atoms with van der Waals surface area (Å²) in [5, 5.41) is 18.1. The molecule has 2 rings (SSSR count). The SMILES string of the molecule is O=C(O)C=Cc1ccc(C(=O)N2CCCC(O)C2)s1. The smallest absolute Gasteiger partial charge is 0.328 e. The lowest BCUT2D eigenvalue weighted by Gasteiger charge is -2.29. The summed E-state index contributed by atoms with van der Waals surface area (Å²) in [4.78, 5) is 25.5. The number of aliphatic hydroxyl groups is 1. The Labute approximate surface area is 114 Å². The fourth-order valence-corrected chi connectivity index (χ4v) is 2.88. The van der Waals surface area contributed by atoms with E-state index in [0.29, 0.717) is 18.0 Å². The standard InChI is InChI=1S/C13H15NO4S/c15-9-2-1-7-14(8-9)13(18)11-5-3-10(19-11)4-6-12(16)17/h3-6,9,15H,1-2,7-8H2,(H,16,17). The number of carboxylic acid groups (broad SMARTS) is 1. The largest absolute Gasteiger partial charge is 0.478 e. The number of carboxylic acids is 1. The molecule has 1 aromatic rings. The van der Waals surface area contributed by atoms with Crippen molar-refractivity contribution in [1.82, 2.24) is 4.90 Å². The summed E-state index contributed by atoms with van der Waals surface area (Å²) in [6.45, 7) is 1.03. The molecule has 1 aliphatic heterocycles. The molecule has 1 saturated heterocycles. The molecule has 1 aromatic heterocycles. The number of rotatable bonds is 3. The van der Waals surface area contributed by atoms with E-state index < -0.39 is 12.1 Å². The van der Waals surface area contributed by atoms with Gasteiger partial charge in [0.2, 0.25) is 0 Å². The lowest BCUT2D eigenvalue weighted by Crippen LogP contribution is -2.41. The summed E-state index contributed by atoms with van der Waals surface area (Å²) in [6, 6.07) is 3.41. The third-order valence-electron chi connectivity index (χ3n) is 2.91. The fraction of sp³-hybridized carbons (Fsp3) is 0.385. The lowest BCUT2D eigenvalue weighted by atomic mass is 10.1. The molecule has 2 heterocycles. The van der Waals surface area contributed by atoms with Crippen molar-refractivity contribution >= 4 is 29.3 Å². The topological polar surface area (TPSA) is 77.8 Å². The van der Waals surface area contributed by atoms with Gasteiger partial charge in [-0.05, 0) is 31.1 Å². The van der Waals surface area contributed by atoms with E-state index in [9.17, 15) is 14.7 Å². The first-order valence-corrected chi connectivity index (χ1v) is 6.86. The zero-order valence-corrected chi connectivity index (χ0v) is 11.1. The van der Waals surface area contributed by atoms with Crippen molar-refractivity contribution in [1.29, 1.82) is 0 Å². The molecule has 0 radical (unpaired) electrons. The molecule has 2 N–H and O–H groups in total. The van der Waals surface area contributed by atoms with Gasteiger partial charge in [-0.3, -0.25) is 4.79 Å². The molecule has 1 aliphatic rings. The van der Waals surface area contributed by atoms with Gasteiger partial charge >= 0.3 is 5.97 Å². The molecule has 0 aromatic carbocycles. The molecular formula is C13H15NO4S. The van der Waals surface area contributed by atoms with Gasteiger partial charge in [-0.15, -0.1) is 11.3 Å². The van der Waals surface area contributed by atoms with Crippen LogP contribution in [-0.2, 0) is 4.79 Å². The number of β-amino-alcohol motifs (C(OH)–C–C–N with tert-alkyl or cyclic N) is 1. The summed E-state index contributed by atoms with van der Waals surface area (Å²) in [7, 11) is 0. The van der Waals surface area contributed by atoms with Crippen LogP contribution in [0.25, 0.3) is 6.08 Å². The molecule has 0 saturated carbocycles. The van der Waals surface area contributed by atoms with E-state index in [4.69, 9.17) is 5.11 Å². The Morgan fingerprint density at radius 3 is 2.89 bits per heavy atom. The first-order valence-electron chi connectivity index (χ1n) is 6.04. The number of carbonyl (C=O) groups is 2. The van der Waals surface area contributed by atoms with Crippen molar-refractivity contribution in [2.24, 2.45) is 0 Å². The third-order valence-corrected chi connectivity index (χ3v) is 3.95. The Kier molecular flexibility index (Phi) is 4.34. The van der Waals surface area contributed by atoms with Crippen LogP contribution in [0.4, 0.5) is 0 Å². The molecule has 1 atom stereocenters. The number of hydrogen-bond donors (Lipinski definition) is 2. The van der Waals surface area contributed by atoms with Gasteiger partial charge in [0.1, 0.15) is 0 Å². The van der Waals surface area contributed by atoms with Crippen LogP contribution in [0.5, 0.6) is 0 Å². The van der Waals surface area contributed by atoms with Gasteiger partial charge in [0.25, 0.3) is 5.91 Å². The number of likely N-dealkylation sites (tertiary alicyclic amines) is 1. The number of amides is 1. The van der Waals surface area contributed by atoms with Gasteiger partial charge in [0.05, 0.1) is 11.0 Å². The minimum absolute atomic E-state index is 0.0984. The highest BCUT2D eigenvalue weighted by atomic mass is 32.1. The van der Waals surface area contributed by atoms with Crippen molar-refractivity contribution in [3.05, 3.63) is 28.0 Å². The van der Waals surface area contributed by atoms with E-state index >= 15 is 0 Å². The summed E-state index contributed by atoms with van der Waals surface area (Å²) < 4.78 is 0. The normalized spacial score (nSPS) is 19.8. The third kappa shape index (κ3) is 3.65. The summed E-state index contributed by atoms with van der Waals surface area (Å²) in [5.41, 5.74) is 0. The zero-order chi connectivity index (χ0) is 13.8. The number of piperidine rings is 1. The fourth-order valence-electron chi connectivity index (χ4n) is 2.01. The van der Waals surface area contributed by atoms with Gasteiger partial charge in [-0.2, -0.15) is 0 Å². The van der Waals surface area contributed by atoms with E-state index in [-0.39, 0.29) is 5.91 Å². The lowest BCUT2D eigenvalue weighted by molar-refractivity contribution is -0.131. The minimum Gasteiger partial charge on any atom is -0.478 e. The van der Waals surface area contributed by atoms with Gasteiger partial charge in [-0.25, -0.2) is 4.79 Å². The van der Waals surface area contributed by atoms with Crippen LogP contribution >= 0.6 is 11.3 Å². The van der Waals surface area contributed by atoms with Crippen molar-refractivity contribution < 1.29 is 19.8 Å². The van der Waals surface area contributed by atoms with E-state index in [1.165, 1.54) is 17.4 Å². The van der Waals surface area contributed by atoms with E-state index in [0.717, 1.165) is 23.8 Å². The van der Waals surface area contributed by atoms with Crippen LogP contribution in [0.3, 0.4) is 0 Å². The molecule has 1 fully saturated rings. The maximum absolute atomic E-state index is 12.2. The highest BCUT2D eigenvalue weighted by Gasteiger charge is 2.23.